The minimum absolute atomic E-state index is 0.0544. The maximum Gasteiger partial charge on any atom is 0.238 e. The zero-order valence-electron chi connectivity index (χ0n) is 22.3. The van der Waals surface area contributed by atoms with Crippen LogP contribution in [0, 0.1) is 5.82 Å². The molecule has 39 heavy (non-hydrogen) atoms. The molecule has 1 spiro atoms. The molecule has 0 aromatic heterocycles. The largest absolute Gasteiger partial charge is 0.393 e. The Bertz CT molecular complexity index is 1260. The van der Waals surface area contributed by atoms with Crippen LogP contribution in [0.1, 0.15) is 82.3 Å². The molecule has 1 saturated carbocycles. The van der Waals surface area contributed by atoms with Crippen LogP contribution in [0.4, 0.5) is 10.1 Å². The fourth-order valence-corrected chi connectivity index (χ4v) is 7.91. The van der Waals surface area contributed by atoms with E-state index in [1.165, 1.54) is 6.07 Å². The van der Waals surface area contributed by atoms with E-state index in [-0.39, 0.29) is 34.5 Å². The average molecular weight is 577 g/mol. The summed E-state index contributed by atoms with van der Waals surface area (Å²) >= 11 is 12.6. The first-order chi connectivity index (χ1) is 18.7. The van der Waals surface area contributed by atoms with Crippen LogP contribution in [0.3, 0.4) is 0 Å². The Kier molecular flexibility index (Phi) is 7.99. The highest BCUT2D eigenvalue weighted by Crippen LogP contribution is 2.61. The fourth-order valence-electron chi connectivity index (χ4n) is 7.55. The normalized spacial score (nSPS) is 29.3. The van der Waals surface area contributed by atoms with E-state index in [1.807, 2.05) is 6.07 Å². The Labute approximate surface area is 239 Å². The zero-order chi connectivity index (χ0) is 27.9. The summed E-state index contributed by atoms with van der Waals surface area (Å²) in [6.45, 7) is 4.11. The second-order valence-electron chi connectivity index (χ2n) is 11.3. The predicted octanol–water partition coefficient (Wildman–Crippen LogP) is 5.84. The maximum absolute atomic E-state index is 15.9. The van der Waals surface area contributed by atoms with E-state index in [4.69, 9.17) is 23.2 Å². The van der Waals surface area contributed by atoms with Crippen LogP contribution in [0.15, 0.2) is 36.4 Å². The lowest BCUT2D eigenvalue weighted by molar-refractivity contribution is -0.124. The number of nitrogens with one attached hydrogen (secondary N) is 3. The van der Waals surface area contributed by atoms with Crippen molar-refractivity contribution in [3.63, 3.8) is 0 Å². The number of aliphatic hydroxyl groups is 1. The number of carbonyl (C=O) groups excluding carboxylic acids is 2. The van der Waals surface area contributed by atoms with E-state index in [0.717, 1.165) is 12.8 Å². The van der Waals surface area contributed by atoms with Crippen molar-refractivity contribution in [2.45, 2.75) is 100 Å². The quantitative estimate of drug-likeness (QED) is 0.334. The summed E-state index contributed by atoms with van der Waals surface area (Å²) in [5.41, 5.74) is -0.576. The number of aliphatic hydroxyl groups excluding tert-OH is 1. The average Bonchev–Trinajstić information content (AvgIpc) is 3.35. The summed E-state index contributed by atoms with van der Waals surface area (Å²) in [6, 6.07) is 9.11. The Morgan fingerprint density at radius 1 is 1.10 bits per heavy atom. The Morgan fingerprint density at radius 2 is 1.79 bits per heavy atom. The van der Waals surface area contributed by atoms with E-state index in [2.05, 4.69) is 29.8 Å². The molecule has 2 aliphatic heterocycles. The van der Waals surface area contributed by atoms with Gasteiger partial charge in [-0.1, -0.05) is 68.1 Å². The van der Waals surface area contributed by atoms with Gasteiger partial charge < -0.3 is 15.7 Å². The highest BCUT2D eigenvalue weighted by Gasteiger charge is 2.71. The minimum Gasteiger partial charge on any atom is -0.393 e. The number of hydrogen-bond donors (Lipinski definition) is 4. The van der Waals surface area contributed by atoms with E-state index < -0.39 is 28.7 Å². The summed E-state index contributed by atoms with van der Waals surface area (Å²) in [5, 5.41) is 20.2. The molecule has 0 unspecified atom stereocenters. The standard InChI is InChI=1S/C30H36Cl2FN3O3/c1-3-14-29(15-4-2)30(21-13-8-17(31)16-23(21)35-28(30)39)24(20-6-5-7-22(32)25(20)33)26(36-29)27(38)34-18-9-11-19(37)12-10-18/h5-8,13,16,18-19,24,26,36-37H,3-4,9-12,14-15H2,1-2H3,(H,34,38)(H,35,39)/t18?,19?,24-,26+,30+/m0/s1. The molecule has 2 fully saturated rings. The number of carbonyl (C=O) groups is 2. The summed E-state index contributed by atoms with van der Waals surface area (Å²) in [4.78, 5) is 28.5. The van der Waals surface area contributed by atoms with Crippen LogP contribution in [-0.4, -0.2) is 40.6 Å². The van der Waals surface area contributed by atoms with Gasteiger partial charge in [-0.2, -0.15) is 0 Å². The Morgan fingerprint density at radius 3 is 2.46 bits per heavy atom. The summed E-state index contributed by atoms with van der Waals surface area (Å²) in [5.74, 6) is -2.03. The van der Waals surface area contributed by atoms with Gasteiger partial charge in [0, 0.05) is 28.2 Å². The lowest BCUT2D eigenvalue weighted by atomic mass is 9.56. The third kappa shape index (κ3) is 4.55. The predicted molar refractivity (Wildman–Crippen MR) is 152 cm³/mol. The van der Waals surface area contributed by atoms with Gasteiger partial charge >= 0.3 is 0 Å². The second-order valence-corrected chi connectivity index (χ2v) is 12.1. The molecule has 3 aliphatic rings. The van der Waals surface area contributed by atoms with E-state index in [9.17, 15) is 14.7 Å². The van der Waals surface area contributed by atoms with Crippen LogP contribution in [0.2, 0.25) is 10.0 Å². The second kappa shape index (κ2) is 11.0. The zero-order valence-corrected chi connectivity index (χ0v) is 23.8. The van der Waals surface area contributed by atoms with E-state index in [1.54, 1.807) is 24.3 Å². The molecule has 210 valence electrons. The van der Waals surface area contributed by atoms with Gasteiger partial charge in [0.2, 0.25) is 11.8 Å². The summed E-state index contributed by atoms with van der Waals surface area (Å²) < 4.78 is 15.9. The Balaban J connectivity index is 1.73. The number of benzene rings is 2. The number of hydrogen-bond acceptors (Lipinski definition) is 4. The van der Waals surface area contributed by atoms with Gasteiger partial charge in [0.1, 0.15) is 11.2 Å². The molecule has 0 bridgehead atoms. The van der Waals surface area contributed by atoms with Crippen molar-refractivity contribution in [3.05, 3.63) is 63.4 Å². The molecule has 1 saturated heterocycles. The van der Waals surface area contributed by atoms with Gasteiger partial charge in [-0.15, -0.1) is 0 Å². The van der Waals surface area contributed by atoms with E-state index >= 15 is 4.39 Å². The molecule has 4 N–H and O–H groups in total. The molecule has 3 atom stereocenters. The fraction of sp³-hybridized carbons (Fsp3) is 0.533. The molecule has 5 rings (SSSR count). The van der Waals surface area contributed by atoms with Crippen LogP contribution in [-0.2, 0) is 15.0 Å². The molecule has 2 aromatic carbocycles. The maximum atomic E-state index is 15.9. The molecule has 9 heteroatoms. The highest BCUT2D eigenvalue weighted by molar-refractivity contribution is 6.31. The number of anilines is 1. The molecule has 1 aliphatic carbocycles. The molecule has 2 aromatic rings. The minimum atomic E-state index is -1.28. The molecular formula is C30H36Cl2FN3O3. The van der Waals surface area contributed by atoms with Gasteiger partial charge in [0.15, 0.2) is 0 Å². The number of halogens is 3. The van der Waals surface area contributed by atoms with Crippen molar-refractivity contribution in [1.29, 1.82) is 0 Å². The number of amides is 2. The Hall–Kier alpha value is -2.19. The molecule has 2 heterocycles. The molecule has 2 amide bonds. The first kappa shape index (κ1) is 28.3. The topological polar surface area (TPSA) is 90.5 Å². The van der Waals surface area contributed by atoms with Gasteiger partial charge in [-0.3, -0.25) is 14.9 Å². The molecule has 0 radical (unpaired) electrons. The van der Waals surface area contributed by atoms with Gasteiger partial charge in [-0.05, 0) is 67.9 Å². The van der Waals surface area contributed by atoms with Crippen LogP contribution in [0.5, 0.6) is 0 Å². The van der Waals surface area contributed by atoms with E-state index in [0.29, 0.717) is 54.8 Å². The van der Waals surface area contributed by atoms with Crippen molar-refractivity contribution in [3.8, 4) is 0 Å². The molecular weight excluding hydrogens is 540 g/mol. The van der Waals surface area contributed by atoms with Crippen LogP contribution >= 0.6 is 23.2 Å². The lowest BCUT2D eigenvalue weighted by Gasteiger charge is -2.45. The number of fused-ring (bicyclic) bond motifs is 2. The van der Waals surface area contributed by atoms with Crippen molar-refractivity contribution in [2.75, 3.05) is 5.32 Å². The third-order valence-electron chi connectivity index (χ3n) is 8.99. The monoisotopic (exact) mass is 575 g/mol. The first-order valence-electron chi connectivity index (χ1n) is 14.0. The van der Waals surface area contributed by atoms with Gasteiger partial charge in [0.05, 0.1) is 17.2 Å². The van der Waals surface area contributed by atoms with Gasteiger partial charge in [-0.25, -0.2) is 4.39 Å². The smallest absolute Gasteiger partial charge is 0.238 e. The van der Waals surface area contributed by atoms with Crippen molar-refractivity contribution >= 4 is 40.7 Å². The van der Waals surface area contributed by atoms with Crippen LogP contribution < -0.4 is 16.0 Å². The lowest BCUT2D eigenvalue weighted by Crippen LogP contribution is -2.59. The van der Waals surface area contributed by atoms with Crippen molar-refractivity contribution in [1.82, 2.24) is 10.6 Å². The van der Waals surface area contributed by atoms with Gasteiger partial charge in [0.25, 0.3) is 0 Å². The third-order valence-corrected chi connectivity index (χ3v) is 9.52. The SMILES string of the molecule is CCCC1(CCC)N[C@@H](C(=O)NC2CCC(O)CC2)[C@H](c2cccc(Cl)c2F)[C@]12C(=O)Nc1cc(Cl)ccc12. The first-order valence-corrected chi connectivity index (χ1v) is 14.8. The summed E-state index contributed by atoms with van der Waals surface area (Å²) in [7, 11) is 0. The number of rotatable bonds is 7. The van der Waals surface area contributed by atoms with Crippen molar-refractivity contribution in [2.24, 2.45) is 0 Å². The highest BCUT2D eigenvalue weighted by atomic mass is 35.5. The summed E-state index contributed by atoms with van der Waals surface area (Å²) in [6.07, 6.45) is 4.93. The van der Waals surface area contributed by atoms with Crippen LogP contribution in [0.25, 0.3) is 0 Å². The van der Waals surface area contributed by atoms with Crippen molar-refractivity contribution < 1.29 is 19.1 Å². The molecule has 6 nitrogen and oxygen atoms in total.